The van der Waals surface area contributed by atoms with Crippen LogP contribution in [0.2, 0.25) is 0 Å². The molecule has 3 aromatic carbocycles. The number of anilines is 1. The predicted molar refractivity (Wildman–Crippen MR) is 189 cm³/mol. The Hall–Kier alpha value is -3.79. The van der Waals surface area contributed by atoms with Gasteiger partial charge in [0.05, 0.1) is 17.6 Å². The van der Waals surface area contributed by atoms with E-state index in [4.69, 9.17) is 14.7 Å². The lowest BCUT2D eigenvalue weighted by Crippen LogP contribution is -2.56. The van der Waals surface area contributed by atoms with Crippen LogP contribution in [0.5, 0.6) is 11.8 Å². The molecule has 0 unspecified atom stereocenters. The molecule has 5 aliphatic rings. The second kappa shape index (κ2) is 12.3. The summed E-state index contributed by atoms with van der Waals surface area (Å²) in [5.74, 6) is 1.79. The molecule has 48 heavy (non-hydrogen) atoms. The Labute approximate surface area is 282 Å². The fourth-order valence-corrected chi connectivity index (χ4v) is 9.63. The van der Waals surface area contributed by atoms with Crippen molar-refractivity contribution in [3.8, 4) is 22.9 Å². The highest BCUT2D eigenvalue weighted by Gasteiger charge is 2.45. The lowest BCUT2D eigenvalue weighted by atomic mass is 9.93. The molecule has 0 spiro atoms. The van der Waals surface area contributed by atoms with E-state index in [1.807, 2.05) is 30.3 Å². The number of piperazine rings is 1. The Bertz CT molecular complexity index is 1830. The molecule has 5 aliphatic heterocycles. The van der Waals surface area contributed by atoms with Gasteiger partial charge in [-0.25, -0.2) is 0 Å². The van der Waals surface area contributed by atoms with E-state index >= 15 is 0 Å². The van der Waals surface area contributed by atoms with Gasteiger partial charge in [0.2, 0.25) is 0 Å². The van der Waals surface area contributed by atoms with E-state index in [0.717, 1.165) is 104 Å². The molecule has 2 atom stereocenters. The van der Waals surface area contributed by atoms with Gasteiger partial charge in [0.1, 0.15) is 24.0 Å². The number of hydrogen-bond acceptors (Lipinski definition) is 9. The summed E-state index contributed by atoms with van der Waals surface area (Å²) in [6.07, 6.45) is 8.93. The highest BCUT2D eigenvalue weighted by Crippen LogP contribution is 2.41. The van der Waals surface area contributed by atoms with Crippen LogP contribution in [0.1, 0.15) is 51.4 Å². The lowest BCUT2D eigenvalue weighted by molar-refractivity contribution is -0.125. The zero-order chi connectivity index (χ0) is 32.2. The molecule has 9 nitrogen and oxygen atoms in total. The molecule has 4 aromatic rings. The van der Waals surface area contributed by atoms with Crippen LogP contribution in [-0.2, 0) is 4.79 Å². The first-order chi connectivity index (χ1) is 23.5. The fourth-order valence-electron chi connectivity index (χ4n) is 9.63. The molecule has 250 valence electrons. The third-order valence-corrected chi connectivity index (χ3v) is 12.2. The van der Waals surface area contributed by atoms with Gasteiger partial charge in [-0.15, -0.1) is 0 Å². The first kappa shape index (κ1) is 30.3. The smallest absolute Gasteiger partial charge is 0.319 e. The van der Waals surface area contributed by atoms with Crippen molar-refractivity contribution >= 4 is 33.3 Å². The number of aromatic nitrogens is 2. The van der Waals surface area contributed by atoms with Crippen LogP contribution in [0, 0.1) is 5.92 Å². The third-order valence-electron chi connectivity index (χ3n) is 12.2. The average Bonchev–Trinajstić information content (AvgIpc) is 3.76. The number of Topliss-reactive ketones (excluding diaryl/α,β-unsaturated/α-hetero) is 1. The highest BCUT2D eigenvalue weighted by molar-refractivity contribution is 6.01. The molecule has 2 N–H and O–H groups in total. The number of rotatable bonds is 8. The predicted octanol–water partition coefficient (Wildman–Crippen LogP) is 5.38. The van der Waals surface area contributed by atoms with Crippen LogP contribution in [0.4, 0.5) is 5.82 Å². The van der Waals surface area contributed by atoms with Crippen molar-refractivity contribution in [1.29, 1.82) is 0 Å². The fraction of sp³-hybridized carbons (Fsp3) is 0.513. The second-order valence-corrected chi connectivity index (χ2v) is 14.9. The molecule has 9 heteroatoms. The Morgan fingerprint density at radius 1 is 0.917 bits per heavy atom. The molecule has 0 aliphatic carbocycles. The number of nitrogens with zero attached hydrogens (tertiary/aromatic N) is 5. The Kier molecular flexibility index (Phi) is 7.74. The van der Waals surface area contributed by atoms with Crippen LogP contribution in [-0.4, -0.2) is 101 Å². The minimum Gasteiger partial charge on any atom is -0.508 e. The molecule has 6 heterocycles. The molecular weight excluding hydrogens is 600 g/mol. The molecule has 9 rings (SSSR count). The summed E-state index contributed by atoms with van der Waals surface area (Å²) < 4.78 is 6.59. The van der Waals surface area contributed by atoms with E-state index in [-0.39, 0.29) is 17.2 Å². The molecular formula is C39H46N6O3. The summed E-state index contributed by atoms with van der Waals surface area (Å²) in [6.45, 7) is 7.09. The molecule has 1 aromatic heterocycles. The van der Waals surface area contributed by atoms with E-state index in [0.29, 0.717) is 37.0 Å². The van der Waals surface area contributed by atoms with Crippen molar-refractivity contribution in [2.24, 2.45) is 5.92 Å². The zero-order valence-electron chi connectivity index (χ0n) is 27.7. The zero-order valence-corrected chi connectivity index (χ0v) is 27.7. The van der Waals surface area contributed by atoms with Crippen LogP contribution >= 0.6 is 0 Å². The van der Waals surface area contributed by atoms with Gasteiger partial charge in [-0.1, -0.05) is 30.3 Å². The quantitative estimate of drug-likeness (QED) is 0.262. The van der Waals surface area contributed by atoms with Crippen molar-refractivity contribution in [3.63, 3.8) is 0 Å². The standard InChI is InChI=1S/C39H46N6O3/c46-31-19-27-5-1-2-6-32(27)34(21-31)28-7-10-33-35(20-28)41-38(48-25-39-13-3-17-44(39)18-4-14-39)42-37(33)43-22-29-8-9-30(23-43)45(29)24-36(47)26-11-15-40-16-12-26/h1-2,5-7,10,19-21,26,29-30,40,46H,3-4,8-9,11-18,22-25H2/t29-,30+. The van der Waals surface area contributed by atoms with Gasteiger partial charge in [-0.05, 0) is 124 Å². The third kappa shape index (κ3) is 5.40. The largest absolute Gasteiger partial charge is 0.508 e. The topological polar surface area (TPSA) is 94.1 Å². The minimum absolute atomic E-state index is 0.104. The Morgan fingerprint density at radius 2 is 1.69 bits per heavy atom. The van der Waals surface area contributed by atoms with E-state index in [2.05, 4.69) is 44.3 Å². The average molecular weight is 647 g/mol. The van der Waals surface area contributed by atoms with Crippen molar-refractivity contribution in [2.45, 2.75) is 69.0 Å². The van der Waals surface area contributed by atoms with Gasteiger partial charge >= 0.3 is 6.01 Å². The maximum Gasteiger partial charge on any atom is 0.319 e. The number of ketones is 1. The first-order valence-corrected chi connectivity index (χ1v) is 18.2. The number of carbonyl (C=O) groups excluding carboxylic acids is 1. The maximum atomic E-state index is 13.3. The second-order valence-electron chi connectivity index (χ2n) is 14.9. The lowest BCUT2D eigenvalue weighted by Gasteiger charge is -2.42. The summed E-state index contributed by atoms with van der Waals surface area (Å²) >= 11 is 0. The first-order valence-electron chi connectivity index (χ1n) is 18.2. The number of carbonyl (C=O) groups is 1. The van der Waals surface area contributed by atoms with Crippen molar-refractivity contribution in [2.75, 3.05) is 57.3 Å². The number of phenols is 1. The van der Waals surface area contributed by atoms with Crippen LogP contribution in [0.15, 0.2) is 54.6 Å². The van der Waals surface area contributed by atoms with Gasteiger partial charge in [0.25, 0.3) is 0 Å². The Balaban J connectivity index is 1.05. The maximum absolute atomic E-state index is 13.3. The summed E-state index contributed by atoms with van der Waals surface area (Å²) in [5, 5.41) is 17.1. The van der Waals surface area contributed by atoms with Gasteiger partial charge in [-0.2, -0.15) is 9.97 Å². The van der Waals surface area contributed by atoms with E-state index < -0.39 is 0 Å². The van der Waals surface area contributed by atoms with Crippen LogP contribution in [0.3, 0.4) is 0 Å². The number of aromatic hydroxyl groups is 1. The number of phenolic OH excluding ortho intramolecular Hbond substituents is 1. The van der Waals surface area contributed by atoms with E-state index in [9.17, 15) is 9.90 Å². The van der Waals surface area contributed by atoms with Crippen molar-refractivity contribution in [3.05, 3.63) is 54.6 Å². The van der Waals surface area contributed by atoms with Crippen LogP contribution in [0.25, 0.3) is 32.8 Å². The SMILES string of the molecule is O=C(CN1[C@@H]2CC[C@H]1CN(c1nc(OCC34CCCN3CCC4)nc3cc(-c4cc(O)cc5ccccc45)ccc13)C2)C1CCNCC1. The number of ether oxygens (including phenoxy) is 1. The number of nitrogens with one attached hydrogen (secondary N) is 1. The molecule has 5 saturated heterocycles. The van der Waals surface area contributed by atoms with Crippen LogP contribution < -0.4 is 15.0 Å². The highest BCUT2D eigenvalue weighted by atomic mass is 16.5. The van der Waals surface area contributed by atoms with E-state index in [1.165, 1.54) is 25.7 Å². The monoisotopic (exact) mass is 646 g/mol. The van der Waals surface area contributed by atoms with Crippen molar-refractivity contribution < 1.29 is 14.6 Å². The Morgan fingerprint density at radius 3 is 2.48 bits per heavy atom. The summed E-state index contributed by atoms with van der Waals surface area (Å²) in [7, 11) is 0. The van der Waals surface area contributed by atoms with Gasteiger partial charge in [0.15, 0.2) is 0 Å². The molecule has 0 radical (unpaired) electrons. The van der Waals surface area contributed by atoms with E-state index in [1.54, 1.807) is 0 Å². The minimum atomic E-state index is 0.104. The normalized spacial score (nSPS) is 24.5. The number of piperidine rings is 1. The summed E-state index contributed by atoms with van der Waals surface area (Å²) in [5.41, 5.74) is 2.93. The number of benzene rings is 3. The number of hydrogen-bond donors (Lipinski definition) is 2. The van der Waals surface area contributed by atoms with Gasteiger partial charge < -0.3 is 20.1 Å². The molecule has 0 amide bonds. The van der Waals surface area contributed by atoms with Gasteiger partial charge in [0, 0.05) is 36.5 Å². The summed E-state index contributed by atoms with van der Waals surface area (Å²) in [6, 6.07) is 19.4. The molecule has 5 fully saturated rings. The number of fused-ring (bicyclic) bond motifs is 5. The molecule has 0 saturated carbocycles. The molecule has 2 bridgehead atoms. The summed E-state index contributed by atoms with van der Waals surface area (Å²) in [4.78, 5) is 31.1. The van der Waals surface area contributed by atoms with Gasteiger partial charge in [-0.3, -0.25) is 14.6 Å². The van der Waals surface area contributed by atoms with Crippen molar-refractivity contribution in [1.82, 2.24) is 25.1 Å².